The van der Waals surface area contributed by atoms with Crippen molar-refractivity contribution >= 4 is 11.7 Å². The van der Waals surface area contributed by atoms with Gasteiger partial charge in [0.1, 0.15) is 6.61 Å². The second kappa shape index (κ2) is 5.19. The molecule has 1 aromatic carbocycles. The Morgan fingerprint density at radius 3 is 2.47 bits per heavy atom. The van der Waals surface area contributed by atoms with E-state index in [1.807, 2.05) is 20.8 Å². The number of carbonyl (C=O) groups is 1. The van der Waals surface area contributed by atoms with E-state index in [4.69, 9.17) is 16.2 Å². The first-order chi connectivity index (χ1) is 7.82. The van der Waals surface area contributed by atoms with E-state index in [2.05, 4.69) is 0 Å². The van der Waals surface area contributed by atoms with Crippen LogP contribution in [0.25, 0.3) is 0 Å². The molecular formula is C13H20N2O2. The Morgan fingerprint density at radius 2 is 1.94 bits per heavy atom. The Morgan fingerprint density at radius 1 is 1.35 bits per heavy atom. The van der Waals surface area contributed by atoms with E-state index in [-0.39, 0.29) is 18.1 Å². The molecule has 0 saturated carbocycles. The number of para-hydroxylation sites is 1. The fraction of sp³-hybridized carbons (Fsp3) is 0.462. The zero-order chi connectivity index (χ0) is 13.1. The zero-order valence-electron chi connectivity index (χ0n) is 10.6. The van der Waals surface area contributed by atoms with Gasteiger partial charge in [0.25, 0.3) is 0 Å². The standard InChI is InChI=1S/C13H20N2O2/c1-13(2,3)11(15)8-17-12(16)9-6-4-5-7-10(9)14/h4-7,11H,8,14-15H2,1-3H3/t11-/m1/s1. The van der Waals surface area contributed by atoms with Crippen molar-refractivity contribution in [3.8, 4) is 0 Å². The summed E-state index contributed by atoms with van der Waals surface area (Å²) in [6, 6.07) is 6.63. The maximum Gasteiger partial charge on any atom is 0.340 e. The summed E-state index contributed by atoms with van der Waals surface area (Å²) in [4.78, 5) is 11.7. The second-order valence-electron chi connectivity index (χ2n) is 5.16. The van der Waals surface area contributed by atoms with Gasteiger partial charge in [-0.3, -0.25) is 0 Å². The first kappa shape index (κ1) is 13.5. The summed E-state index contributed by atoms with van der Waals surface area (Å²) in [6.07, 6.45) is 0. The minimum absolute atomic E-state index is 0.0947. The van der Waals surface area contributed by atoms with Gasteiger partial charge in [-0.05, 0) is 17.5 Å². The number of ether oxygens (including phenoxy) is 1. The van der Waals surface area contributed by atoms with Gasteiger partial charge >= 0.3 is 5.97 Å². The Kier molecular flexibility index (Phi) is 4.12. The van der Waals surface area contributed by atoms with Crippen LogP contribution in [0.2, 0.25) is 0 Å². The van der Waals surface area contributed by atoms with Crippen LogP contribution < -0.4 is 11.5 Å². The molecule has 0 saturated heterocycles. The van der Waals surface area contributed by atoms with Crippen LogP contribution >= 0.6 is 0 Å². The smallest absolute Gasteiger partial charge is 0.340 e. The van der Waals surface area contributed by atoms with Crippen LogP contribution in [-0.4, -0.2) is 18.6 Å². The molecule has 0 aliphatic carbocycles. The van der Waals surface area contributed by atoms with Gasteiger partial charge in [-0.25, -0.2) is 4.79 Å². The van der Waals surface area contributed by atoms with Crippen molar-refractivity contribution in [2.75, 3.05) is 12.3 Å². The summed E-state index contributed by atoms with van der Waals surface area (Å²) in [7, 11) is 0. The lowest BCUT2D eigenvalue weighted by atomic mass is 9.88. The topological polar surface area (TPSA) is 78.3 Å². The van der Waals surface area contributed by atoms with Crippen molar-refractivity contribution in [1.82, 2.24) is 0 Å². The van der Waals surface area contributed by atoms with Crippen LogP contribution in [0, 0.1) is 5.41 Å². The van der Waals surface area contributed by atoms with E-state index in [1.165, 1.54) is 0 Å². The SMILES string of the molecule is CC(C)(C)[C@H](N)COC(=O)c1ccccc1N. The summed E-state index contributed by atoms with van der Waals surface area (Å²) in [5, 5.41) is 0. The first-order valence-electron chi connectivity index (χ1n) is 5.59. The Bertz CT molecular complexity index is 397. The zero-order valence-corrected chi connectivity index (χ0v) is 10.6. The van der Waals surface area contributed by atoms with Crippen molar-refractivity contribution in [2.45, 2.75) is 26.8 Å². The molecule has 0 heterocycles. The van der Waals surface area contributed by atoms with Crippen LogP contribution in [0.3, 0.4) is 0 Å². The number of rotatable bonds is 3. The number of hydrogen-bond acceptors (Lipinski definition) is 4. The molecule has 0 spiro atoms. The van der Waals surface area contributed by atoms with Gasteiger partial charge in [0, 0.05) is 11.7 Å². The largest absolute Gasteiger partial charge is 0.460 e. The molecule has 17 heavy (non-hydrogen) atoms. The molecule has 0 aliphatic rings. The molecule has 0 amide bonds. The lowest BCUT2D eigenvalue weighted by Gasteiger charge is -2.26. The minimum Gasteiger partial charge on any atom is -0.460 e. The average molecular weight is 236 g/mol. The average Bonchev–Trinajstić information content (AvgIpc) is 2.24. The van der Waals surface area contributed by atoms with E-state index in [1.54, 1.807) is 24.3 Å². The fourth-order valence-electron chi connectivity index (χ4n) is 1.18. The lowest BCUT2D eigenvalue weighted by Crippen LogP contribution is -2.39. The van der Waals surface area contributed by atoms with E-state index in [0.29, 0.717) is 11.3 Å². The lowest BCUT2D eigenvalue weighted by molar-refractivity contribution is 0.0429. The van der Waals surface area contributed by atoms with Crippen molar-refractivity contribution in [3.63, 3.8) is 0 Å². The van der Waals surface area contributed by atoms with Crippen LogP contribution in [0.5, 0.6) is 0 Å². The monoisotopic (exact) mass is 236 g/mol. The second-order valence-corrected chi connectivity index (χ2v) is 5.16. The predicted molar refractivity (Wildman–Crippen MR) is 68.6 cm³/mol. The quantitative estimate of drug-likeness (QED) is 0.619. The Labute approximate surface area is 102 Å². The van der Waals surface area contributed by atoms with Crippen molar-refractivity contribution in [2.24, 2.45) is 11.1 Å². The van der Waals surface area contributed by atoms with E-state index in [9.17, 15) is 4.79 Å². The van der Waals surface area contributed by atoms with Gasteiger partial charge in [0.2, 0.25) is 0 Å². The molecule has 4 nitrogen and oxygen atoms in total. The first-order valence-corrected chi connectivity index (χ1v) is 5.59. The molecule has 0 fully saturated rings. The third-order valence-electron chi connectivity index (χ3n) is 2.69. The molecule has 4 heteroatoms. The van der Waals surface area contributed by atoms with Gasteiger partial charge in [-0.1, -0.05) is 32.9 Å². The summed E-state index contributed by atoms with van der Waals surface area (Å²) in [5.41, 5.74) is 12.3. The van der Waals surface area contributed by atoms with Crippen LogP contribution in [-0.2, 0) is 4.74 Å². The molecule has 1 rings (SSSR count). The molecule has 0 bridgehead atoms. The Hall–Kier alpha value is -1.55. The highest BCUT2D eigenvalue weighted by Gasteiger charge is 2.22. The van der Waals surface area contributed by atoms with Crippen LogP contribution in [0.1, 0.15) is 31.1 Å². The molecule has 1 aromatic rings. The molecular weight excluding hydrogens is 216 g/mol. The number of anilines is 1. The van der Waals surface area contributed by atoms with Gasteiger partial charge in [0.05, 0.1) is 5.56 Å². The summed E-state index contributed by atoms with van der Waals surface area (Å²) < 4.78 is 5.15. The summed E-state index contributed by atoms with van der Waals surface area (Å²) in [6.45, 7) is 6.20. The highest BCUT2D eigenvalue weighted by atomic mass is 16.5. The molecule has 4 N–H and O–H groups in total. The maximum atomic E-state index is 11.7. The number of nitrogen functional groups attached to an aromatic ring is 1. The molecule has 0 aliphatic heterocycles. The van der Waals surface area contributed by atoms with Gasteiger partial charge in [0.15, 0.2) is 0 Å². The van der Waals surface area contributed by atoms with Gasteiger partial charge < -0.3 is 16.2 Å². The van der Waals surface area contributed by atoms with E-state index < -0.39 is 5.97 Å². The molecule has 94 valence electrons. The highest BCUT2D eigenvalue weighted by molar-refractivity contribution is 5.94. The maximum absolute atomic E-state index is 11.7. The third-order valence-corrected chi connectivity index (χ3v) is 2.69. The number of benzene rings is 1. The molecule has 0 aromatic heterocycles. The van der Waals surface area contributed by atoms with Crippen LogP contribution in [0.4, 0.5) is 5.69 Å². The van der Waals surface area contributed by atoms with Crippen molar-refractivity contribution < 1.29 is 9.53 Å². The van der Waals surface area contributed by atoms with Crippen LogP contribution in [0.15, 0.2) is 24.3 Å². The normalized spacial score (nSPS) is 13.2. The third kappa shape index (κ3) is 3.75. The predicted octanol–water partition coefficient (Wildman–Crippen LogP) is 1.80. The van der Waals surface area contributed by atoms with E-state index >= 15 is 0 Å². The highest BCUT2D eigenvalue weighted by Crippen LogP contribution is 2.18. The summed E-state index contributed by atoms with van der Waals surface area (Å²) in [5.74, 6) is -0.428. The number of nitrogens with two attached hydrogens (primary N) is 2. The molecule has 0 radical (unpaired) electrons. The number of carbonyl (C=O) groups excluding carboxylic acids is 1. The van der Waals surface area contributed by atoms with Gasteiger partial charge in [-0.2, -0.15) is 0 Å². The van der Waals surface area contributed by atoms with Crippen molar-refractivity contribution in [1.29, 1.82) is 0 Å². The summed E-state index contributed by atoms with van der Waals surface area (Å²) >= 11 is 0. The van der Waals surface area contributed by atoms with Gasteiger partial charge in [-0.15, -0.1) is 0 Å². The Balaban J connectivity index is 2.60. The molecule has 1 atom stereocenters. The van der Waals surface area contributed by atoms with E-state index in [0.717, 1.165) is 0 Å². The number of esters is 1. The minimum atomic E-state index is -0.428. The van der Waals surface area contributed by atoms with Crippen molar-refractivity contribution in [3.05, 3.63) is 29.8 Å². The fourth-order valence-corrected chi connectivity index (χ4v) is 1.18. The molecule has 0 unspecified atom stereocenters. The number of hydrogen-bond donors (Lipinski definition) is 2.